The van der Waals surface area contributed by atoms with Crippen LogP contribution in [0, 0.1) is 0 Å². The van der Waals surface area contributed by atoms with Gasteiger partial charge in [0.1, 0.15) is 0 Å². The highest BCUT2D eigenvalue weighted by Gasteiger charge is 2.27. The van der Waals surface area contributed by atoms with Crippen molar-refractivity contribution in [2.24, 2.45) is 0 Å². The Morgan fingerprint density at radius 3 is 2.55 bits per heavy atom. The normalized spacial score (nSPS) is 14.9. The molecule has 0 saturated carbocycles. The zero-order valence-electron chi connectivity index (χ0n) is 17.0. The van der Waals surface area contributed by atoms with Gasteiger partial charge >= 0.3 is 0 Å². The summed E-state index contributed by atoms with van der Waals surface area (Å²) >= 11 is 0. The molecule has 0 fully saturated rings. The summed E-state index contributed by atoms with van der Waals surface area (Å²) in [7, 11) is 3.20. The molecule has 6 nitrogen and oxygen atoms in total. The summed E-state index contributed by atoms with van der Waals surface area (Å²) in [5, 5.41) is 2.96. The van der Waals surface area contributed by atoms with Gasteiger partial charge in [-0.05, 0) is 41.3 Å². The number of ether oxygens (including phenoxy) is 2. The molecule has 1 heterocycles. The highest BCUT2D eigenvalue weighted by molar-refractivity contribution is 5.81. The number of fused-ring (bicyclic) bond motifs is 1. The van der Waals surface area contributed by atoms with Gasteiger partial charge in [0.15, 0.2) is 11.5 Å². The molecular formula is C23H26N2O4. The lowest BCUT2D eigenvalue weighted by Crippen LogP contribution is -2.35. The molecule has 1 aliphatic heterocycles. The van der Waals surface area contributed by atoms with Gasteiger partial charge in [-0.25, -0.2) is 0 Å². The number of methoxy groups -OCH3 is 2. The number of carbonyl (C=O) groups is 2. The second kappa shape index (κ2) is 9.28. The summed E-state index contributed by atoms with van der Waals surface area (Å²) in [6.07, 6.45) is 4.55. The predicted molar refractivity (Wildman–Crippen MR) is 112 cm³/mol. The van der Waals surface area contributed by atoms with Gasteiger partial charge in [-0.2, -0.15) is 0 Å². The molecule has 1 unspecified atom stereocenters. The quantitative estimate of drug-likeness (QED) is 0.782. The van der Waals surface area contributed by atoms with Gasteiger partial charge in [-0.1, -0.05) is 30.3 Å². The molecule has 0 spiro atoms. The summed E-state index contributed by atoms with van der Waals surface area (Å²) < 4.78 is 10.6. The van der Waals surface area contributed by atoms with Crippen molar-refractivity contribution in [1.82, 2.24) is 10.2 Å². The molecule has 0 radical (unpaired) electrons. The SMILES string of the molecule is COc1ccc(CCNC(=O)CC2c3ccccc3C=CN2C(C)=O)cc1OC. The van der Waals surface area contributed by atoms with Crippen LogP contribution in [0.15, 0.2) is 48.7 Å². The average Bonchev–Trinajstić information content (AvgIpc) is 2.73. The second-order valence-electron chi connectivity index (χ2n) is 6.88. The van der Waals surface area contributed by atoms with Crippen LogP contribution < -0.4 is 14.8 Å². The summed E-state index contributed by atoms with van der Waals surface area (Å²) in [5.74, 6) is 1.17. The van der Waals surface area contributed by atoms with E-state index in [1.807, 2.05) is 48.5 Å². The second-order valence-corrected chi connectivity index (χ2v) is 6.88. The molecule has 2 aromatic rings. The number of amides is 2. The molecule has 6 heteroatoms. The first kappa shape index (κ1) is 20.5. The third-order valence-corrected chi connectivity index (χ3v) is 5.03. The van der Waals surface area contributed by atoms with Crippen LogP contribution in [-0.4, -0.2) is 37.5 Å². The highest BCUT2D eigenvalue weighted by atomic mass is 16.5. The van der Waals surface area contributed by atoms with E-state index in [0.29, 0.717) is 24.5 Å². The first-order chi connectivity index (χ1) is 14.0. The molecule has 1 aliphatic rings. The third-order valence-electron chi connectivity index (χ3n) is 5.03. The molecule has 1 N–H and O–H groups in total. The number of benzene rings is 2. The Morgan fingerprint density at radius 2 is 1.83 bits per heavy atom. The van der Waals surface area contributed by atoms with Crippen molar-refractivity contribution in [2.75, 3.05) is 20.8 Å². The number of nitrogens with one attached hydrogen (secondary N) is 1. The fraction of sp³-hybridized carbons (Fsp3) is 0.304. The molecule has 1 atom stereocenters. The molecule has 0 aliphatic carbocycles. The fourth-order valence-electron chi connectivity index (χ4n) is 3.54. The Kier molecular flexibility index (Phi) is 6.54. The Bertz CT molecular complexity index is 923. The van der Waals surface area contributed by atoms with Crippen molar-refractivity contribution in [2.45, 2.75) is 25.8 Å². The van der Waals surface area contributed by atoms with Crippen molar-refractivity contribution < 1.29 is 19.1 Å². The minimum atomic E-state index is -0.296. The zero-order valence-corrected chi connectivity index (χ0v) is 17.0. The van der Waals surface area contributed by atoms with Crippen molar-refractivity contribution in [1.29, 1.82) is 0 Å². The van der Waals surface area contributed by atoms with Crippen LogP contribution in [-0.2, 0) is 16.0 Å². The fourth-order valence-corrected chi connectivity index (χ4v) is 3.54. The van der Waals surface area contributed by atoms with E-state index in [9.17, 15) is 9.59 Å². The number of carbonyl (C=O) groups excluding carboxylic acids is 2. The van der Waals surface area contributed by atoms with Gasteiger partial charge in [0.25, 0.3) is 0 Å². The van der Waals surface area contributed by atoms with Gasteiger partial charge in [-0.3, -0.25) is 9.59 Å². The molecule has 3 rings (SSSR count). The lowest BCUT2D eigenvalue weighted by molar-refractivity contribution is -0.129. The van der Waals surface area contributed by atoms with Crippen LogP contribution >= 0.6 is 0 Å². The van der Waals surface area contributed by atoms with Gasteiger partial charge in [-0.15, -0.1) is 0 Å². The Morgan fingerprint density at radius 1 is 1.07 bits per heavy atom. The largest absolute Gasteiger partial charge is 0.493 e. The topological polar surface area (TPSA) is 67.9 Å². The monoisotopic (exact) mass is 394 g/mol. The molecule has 152 valence electrons. The van der Waals surface area contributed by atoms with E-state index < -0.39 is 0 Å². The Labute approximate surface area is 171 Å². The number of hydrogen-bond acceptors (Lipinski definition) is 4. The first-order valence-corrected chi connectivity index (χ1v) is 9.57. The molecule has 0 bridgehead atoms. The molecule has 29 heavy (non-hydrogen) atoms. The van der Waals surface area contributed by atoms with E-state index in [4.69, 9.17) is 9.47 Å². The maximum Gasteiger partial charge on any atom is 0.223 e. The van der Waals surface area contributed by atoms with Crippen LogP contribution in [0.25, 0.3) is 6.08 Å². The number of nitrogens with zero attached hydrogens (tertiary/aromatic N) is 1. The number of rotatable bonds is 7. The summed E-state index contributed by atoms with van der Waals surface area (Å²) in [6.45, 7) is 2.01. The van der Waals surface area contributed by atoms with Gasteiger partial charge in [0.2, 0.25) is 11.8 Å². The third kappa shape index (κ3) is 4.77. The minimum Gasteiger partial charge on any atom is -0.493 e. The zero-order chi connectivity index (χ0) is 20.8. The van der Waals surface area contributed by atoms with Gasteiger partial charge in [0.05, 0.1) is 26.7 Å². The maximum absolute atomic E-state index is 12.6. The summed E-state index contributed by atoms with van der Waals surface area (Å²) in [4.78, 5) is 26.2. The molecule has 2 aromatic carbocycles. The van der Waals surface area contributed by atoms with Gasteiger partial charge < -0.3 is 19.7 Å². The van der Waals surface area contributed by atoms with Crippen molar-refractivity contribution >= 4 is 17.9 Å². The van der Waals surface area contributed by atoms with E-state index in [-0.39, 0.29) is 24.3 Å². The van der Waals surface area contributed by atoms with Crippen molar-refractivity contribution in [3.05, 3.63) is 65.4 Å². The van der Waals surface area contributed by atoms with E-state index in [1.165, 1.54) is 6.92 Å². The Hall–Kier alpha value is -3.28. The highest BCUT2D eigenvalue weighted by Crippen LogP contribution is 2.32. The summed E-state index contributed by atoms with van der Waals surface area (Å²) in [5.41, 5.74) is 3.06. The van der Waals surface area contributed by atoms with E-state index >= 15 is 0 Å². The van der Waals surface area contributed by atoms with Crippen LogP contribution in [0.2, 0.25) is 0 Å². The van der Waals surface area contributed by atoms with Crippen LogP contribution in [0.4, 0.5) is 0 Å². The van der Waals surface area contributed by atoms with Crippen LogP contribution in [0.3, 0.4) is 0 Å². The standard InChI is InChI=1S/C23H26N2O4/c1-16(26)25-13-11-18-6-4-5-7-19(18)20(25)15-23(27)24-12-10-17-8-9-21(28-2)22(14-17)29-3/h4-9,11,13-14,20H,10,12,15H2,1-3H3,(H,24,27). The smallest absolute Gasteiger partial charge is 0.223 e. The van der Waals surface area contributed by atoms with Crippen LogP contribution in [0.1, 0.15) is 36.1 Å². The summed E-state index contributed by atoms with van der Waals surface area (Å²) in [6, 6.07) is 13.3. The van der Waals surface area contributed by atoms with Crippen molar-refractivity contribution in [3.63, 3.8) is 0 Å². The lowest BCUT2D eigenvalue weighted by Gasteiger charge is -2.32. The van der Waals surface area contributed by atoms with Crippen molar-refractivity contribution in [3.8, 4) is 11.5 Å². The number of hydrogen-bond donors (Lipinski definition) is 1. The van der Waals surface area contributed by atoms with E-state index in [0.717, 1.165) is 16.7 Å². The Balaban J connectivity index is 1.61. The van der Waals surface area contributed by atoms with E-state index in [2.05, 4.69) is 5.32 Å². The maximum atomic E-state index is 12.6. The molecule has 0 saturated heterocycles. The van der Waals surface area contributed by atoms with Gasteiger partial charge in [0, 0.05) is 19.7 Å². The molecule has 0 aromatic heterocycles. The predicted octanol–water partition coefficient (Wildman–Crippen LogP) is 3.33. The lowest BCUT2D eigenvalue weighted by atomic mass is 9.93. The van der Waals surface area contributed by atoms with E-state index in [1.54, 1.807) is 25.3 Å². The molecular weight excluding hydrogens is 368 g/mol. The van der Waals surface area contributed by atoms with Crippen LogP contribution in [0.5, 0.6) is 11.5 Å². The minimum absolute atomic E-state index is 0.0844. The first-order valence-electron chi connectivity index (χ1n) is 9.57. The average molecular weight is 394 g/mol. The molecule has 2 amide bonds.